The normalized spacial score (nSPS) is 18.2. The summed E-state index contributed by atoms with van der Waals surface area (Å²) in [7, 11) is 0. The molecule has 0 unspecified atom stereocenters. The van der Waals surface area contributed by atoms with Gasteiger partial charge in [0.1, 0.15) is 17.1 Å². The fourth-order valence-corrected chi connectivity index (χ4v) is 5.01. The Bertz CT molecular complexity index is 1190. The molecule has 1 saturated heterocycles. The van der Waals surface area contributed by atoms with Crippen molar-refractivity contribution >= 4 is 17.4 Å². The van der Waals surface area contributed by atoms with Gasteiger partial charge in [-0.3, -0.25) is 4.79 Å². The number of nitrogens with one attached hydrogen (secondary N) is 2. The summed E-state index contributed by atoms with van der Waals surface area (Å²) in [6, 6.07) is 4.73. The van der Waals surface area contributed by atoms with Gasteiger partial charge in [0.05, 0.1) is 11.7 Å². The molecule has 2 aliphatic rings. The van der Waals surface area contributed by atoms with Crippen LogP contribution in [0, 0.1) is 0 Å². The van der Waals surface area contributed by atoms with Gasteiger partial charge in [-0.1, -0.05) is 0 Å². The molecular formula is C22H26F3N7O. The summed E-state index contributed by atoms with van der Waals surface area (Å²) in [6.07, 6.45) is -0.144. The van der Waals surface area contributed by atoms with E-state index in [9.17, 15) is 18.0 Å². The first-order chi connectivity index (χ1) is 15.7. The monoisotopic (exact) mass is 461 g/mol. The first-order valence-electron chi connectivity index (χ1n) is 11.1. The third kappa shape index (κ3) is 3.64. The number of alkyl halides is 3. The summed E-state index contributed by atoms with van der Waals surface area (Å²) in [5, 5.41) is 11.1. The number of hydrogen-bond donors (Lipinski definition) is 2. The first kappa shape index (κ1) is 21.7. The third-order valence-electron chi connectivity index (χ3n) is 6.53. The average molecular weight is 461 g/mol. The Morgan fingerprint density at radius 3 is 2.64 bits per heavy atom. The third-order valence-corrected chi connectivity index (χ3v) is 6.53. The van der Waals surface area contributed by atoms with E-state index in [2.05, 4.69) is 20.7 Å². The zero-order valence-corrected chi connectivity index (χ0v) is 18.5. The molecule has 0 radical (unpaired) electrons. The number of rotatable bonds is 3. The highest BCUT2D eigenvalue weighted by atomic mass is 19.4. The number of carbonyl (C=O) groups is 1. The first-order valence-corrected chi connectivity index (χ1v) is 11.1. The summed E-state index contributed by atoms with van der Waals surface area (Å²) in [4.78, 5) is 19.4. The standard InChI is InChI=1S/C22H26F3N7O/c1-14(2)29-18-5-8-26-19-15(13-28-32(18)19)20(33)30-10-6-21(7-11-30)16-3-4-17(22(23,24)25)31(16)12-9-27-21/h3-5,8,13-14,27,29H,6-7,9-12H2,1-2H3. The molecule has 3 aromatic rings. The van der Waals surface area contributed by atoms with E-state index in [1.165, 1.54) is 10.8 Å². The van der Waals surface area contributed by atoms with Gasteiger partial charge in [-0.2, -0.15) is 22.8 Å². The second-order valence-electron chi connectivity index (χ2n) is 8.98. The largest absolute Gasteiger partial charge is 0.431 e. The molecule has 1 spiro atoms. The summed E-state index contributed by atoms with van der Waals surface area (Å²) < 4.78 is 43.2. The van der Waals surface area contributed by atoms with Crippen LogP contribution in [0.3, 0.4) is 0 Å². The number of aromatic nitrogens is 4. The van der Waals surface area contributed by atoms with E-state index in [1.807, 2.05) is 13.8 Å². The lowest BCUT2D eigenvalue weighted by Gasteiger charge is -2.45. The highest BCUT2D eigenvalue weighted by Crippen LogP contribution is 2.40. The number of nitrogens with zero attached hydrogens (tertiary/aromatic N) is 5. The predicted octanol–water partition coefficient (Wildman–Crippen LogP) is 3.10. The van der Waals surface area contributed by atoms with Gasteiger partial charge in [0, 0.05) is 44.1 Å². The minimum Gasteiger partial charge on any atom is -0.368 e. The number of likely N-dealkylation sites (tertiary alicyclic amines) is 1. The molecule has 1 fully saturated rings. The maximum Gasteiger partial charge on any atom is 0.431 e. The van der Waals surface area contributed by atoms with E-state index in [0.29, 0.717) is 49.4 Å². The molecule has 5 rings (SSSR count). The Morgan fingerprint density at radius 2 is 1.94 bits per heavy atom. The molecule has 0 aromatic carbocycles. The fourth-order valence-electron chi connectivity index (χ4n) is 5.01. The molecule has 1 amide bonds. The maximum absolute atomic E-state index is 13.4. The Labute approximate surface area is 188 Å². The van der Waals surface area contributed by atoms with Gasteiger partial charge in [0.15, 0.2) is 5.65 Å². The fraction of sp³-hybridized carbons (Fsp3) is 0.500. The van der Waals surface area contributed by atoms with E-state index in [-0.39, 0.29) is 18.5 Å². The number of amides is 1. The van der Waals surface area contributed by atoms with Gasteiger partial charge in [0.25, 0.3) is 5.91 Å². The molecule has 2 aliphatic heterocycles. The van der Waals surface area contributed by atoms with Crippen LogP contribution in [0.15, 0.2) is 30.6 Å². The highest BCUT2D eigenvalue weighted by molar-refractivity contribution is 5.99. The minimum atomic E-state index is -4.38. The minimum absolute atomic E-state index is 0.170. The summed E-state index contributed by atoms with van der Waals surface area (Å²) >= 11 is 0. The van der Waals surface area contributed by atoms with Crippen molar-refractivity contribution in [2.75, 3.05) is 25.0 Å². The van der Waals surface area contributed by atoms with E-state index < -0.39 is 17.4 Å². The van der Waals surface area contributed by atoms with Crippen molar-refractivity contribution in [3.05, 3.63) is 47.5 Å². The Kier molecular flexibility index (Phi) is 5.11. The Hall–Kier alpha value is -3.08. The van der Waals surface area contributed by atoms with E-state index >= 15 is 0 Å². The van der Waals surface area contributed by atoms with Crippen molar-refractivity contribution in [3.8, 4) is 0 Å². The van der Waals surface area contributed by atoms with Crippen LogP contribution in [0.1, 0.15) is 48.4 Å². The molecule has 0 saturated carbocycles. The molecule has 176 valence electrons. The van der Waals surface area contributed by atoms with Gasteiger partial charge in [-0.05, 0) is 44.9 Å². The number of anilines is 1. The molecular weight excluding hydrogens is 435 g/mol. The van der Waals surface area contributed by atoms with Gasteiger partial charge < -0.3 is 20.1 Å². The Balaban J connectivity index is 1.37. The average Bonchev–Trinajstić information content (AvgIpc) is 3.39. The Morgan fingerprint density at radius 1 is 1.18 bits per heavy atom. The number of fused-ring (bicyclic) bond motifs is 3. The number of halogens is 3. The van der Waals surface area contributed by atoms with Crippen LogP contribution in [0.25, 0.3) is 5.65 Å². The molecule has 33 heavy (non-hydrogen) atoms. The van der Waals surface area contributed by atoms with Gasteiger partial charge in [-0.25, -0.2) is 4.98 Å². The summed E-state index contributed by atoms with van der Waals surface area (Å²) in [6.45, 7) is 5.63. The van der Waals surface area contributed by atoms with Crippen molar-refractivity contribution in [2.45, 2.75) is 51.0 Å². The van der Waals surface area contributed by atoms with Gasteiger partial charge >= 0.3 is 6.18 Å². The van der Waals surface area contributed by atoms with Crippen molar-refractivity contribution in [1.29, 1.82) is 0 Å². The zero-order chi connectivity index (χ0) is 23.4. The summed E-state index contributed by atoms with van der Waals surface area (Å²) in [5.74, 6) is 0.579. The van der Waals surface area contributed by atoms with Crippen molar-refractivity contribution in [3.63, 3.8) is 0 Å². The van der Waals surface area contributed by atoms with Crippen LogP contribution in [0.4, 0.5) is 19.0 Å². The molecule has 8 nitrogen and oxygen atoms in total. The zero-order valence-electron chi connectivity index (χ0n) is 18.5. The van der Waals surface area contributed by atoms with Crippen LogP contribution in [-0.4, -0.2) is 55.6 Å². The van der Waals surface area contributed by atoms with Crippen LogP contribution in [0.5, 0.6) is 0 Å². The molecule has 5 heterocycles. The lowest BCUT2D eigenvalue weighted by molar-refractivity contribution is -0.144. The van der Waals surface area contributed by atoms with Crippen LogP contribution in [-0.2, 0) is 18.3 Å². The predicted molar refractivity (Wildman–Crippen MR) is 116 cm³/mol. The molecule has 0 bridgehead atoms. The van der Waals surface area contributed by atoms with Gasteiger partial charge in [0.2, 0.25) is 0 Å². The van der Waals surface area contributed by atoms with Crippen LogP contribution < -0.4 is 10.6 Å². The van der Waals surface area contributed by atoms with Crippen molar-refractivity contribution in [1.82, 2.24) is 29.4 Å². The van der Waals surface area contributed by atoms with Crippen molar-refractivity contribution in [2.24, 2.45) is 0 Å². The molecule has 0 atom stereocenters. The number of piperidine rings is 1. The smallest absolute Gasteiger partial charge is 0.368 e. The number of carbonyl (C=O) groups excluding carboxylic acids is 1. The quantitative estimate of drug-likeness (QED) is 0.627. The second kappa shape index (κ2) is 7.75. The maximum atomic E-state index is 13.4. The molecule has 0 aliphatic carbocycles. The molecule has 11 heteroatoms. The molecule has 3 aromatic heterocycles. The lowest BCUT2D eigenvalue weighted by Crippen LogP contribution is -2.56. The van der Waals surface area contributed by atoms with Gasteiger partial charge in [-0.15, -0.1) is 0 Å². The van der Waals surface area contributed by atoms with E-state index in [1.54, 1.807) is 27.7 Å². The van der Waals surface area contributed by atoms with Crippen molar-refractivity contribution < 1.29 is 18.0 Å². The highest BCUT2D eigenvalue weighted by Gasteiger charge is 2.44. The van der Waals surface area contributed by atoms with Crippen LogP contribution >= 0.6 is 0 Å². The number of hydrogen-bond acceptors (Lipinski definition) is 5. The van der Waals surface area contributed by atoms with Crippen LogP contribution in [0.2, 0.25) is 0 Å². The topological polar surface area (TPSA) is 79.5 Å². The SMILES string of the molecule is CC(C)Nc1ccnc2c(C(=O)N3CCC4(CC3)NCCn3c(C(F)(F)F)ccc34)cnn12. The second-order valence-corrected chi connectivity index (χ2v) is 8.98. The van der Waals surface area contributed by atoms with E-state index in [4.69, 9.17) is 0 Å². The molecule has 2 N–H and O–H groups in total. The summed E-state index contributed by atoms with van der Waals surface area (Å²) in [5.41, 5.74) is 0.366. The van der Waals surface area contributed by atoms with E-state index in [0.717, 1.165) is 11.9 Å². The lowest BCUT2D eigenvalue weighted by atomic mass is 9.83.